The summed E-state index contributed by atoms with van der Waals surface area (Å²) in [5.74, 6) is 0.824. The molecule has 0 aliphatic carbocycles. The lowest BCUT2D eigenvalue weighted by atomic mass is 10.0. The van der Waals surface area contributed by atoms with Crippen molar-refractivity contribution in [2.75, 3.05) is 13.2 Å². The lowest BCUT2D eigenvalue weighted by Gasteiger charge is -2.12. The molecule has 0 aromatic heterocycles. The molecule has 0 radical (unpaired) electrons. The number of nitrogens with two attached hydrogens (primary N) is 1. The summed E-state index contributed by atoms with van der Waals surface area (Å²) >= 11 is 0. The molecule has 0 saturated carbocycles. The van der Waals surface area contributed by atoms with E-state index in [1.165, 1.54) is 0 Å². The van der Waals surface area contributed by atoms with Gasteiger partial charge in [0.25, 0.3) is 0 Å². The zero-order chi connectivity index (χ0) is 13.5. The molecule has 0 bridgehead atoms. The molecule has 0 aliphatic heterocycles. The maximum atomic E-state index is 9.19. The Bertz CT molecular complexity index is 478. The van der Waals surface area contributed by atoms with Crippen LogP contribution in [-0.4, -0.2) is 18.3 Å². The fourth-order valence-corrected chi connectivity index (χ4v) is 1.89. The zero-order valence-corrected chi connectivity index (χ0v) is 10.8. The van der Waals surface area contributed by atoms with Gasteiger partial charge in [-0.05, 0) is 23.3 Å². The number of benzene rings is 2. The molecule has 2 aromatic carbocycles. The fourth-order valence-electron chi connectivity index (χ4n) is 1.89. The van der Waals surface area contributed by atoms with Crippen molar-refractivity contribution in [1.29, 1.82) is 0 Å². The van der Waals surface area contributed by atoms with Gasteiger partial charge in [-0.3, -0.25) is 0 Å². The second-order valence-corrected chi connectivity index (χ2v) is 4.46. The van der Waals surface area contributed by atoms with Gasteiger partial charge in [-0.15, -0.1) is 0 Å². The second kappa shape index (κ2) is 6.92. The summed E-state index contributed by atoms with van der Waals surface area (Å²) in [6.45, 7) is 1.07. The van der Waals surface area contributed by atoms with Crippen LogP contribution in [0.15, 0.2) is 54.6 Å². The molecule has 2 rings (SSSR count). The van der Waals surface area contributed by atoms with Crippen LogP contribution in [0.4, 0.5) is 0 Å². The van der Waals surface area contributed by atoms with Gasteiger partial charge < -0.3 is 15.6 Å². The summed E-state index contributed by atoms with van der Waals surface area (Å²) in [6.07, 6.45) is 0. The minimum absolute atomic E-state index is 0.00294. The third kappa shape index (κ3) is 3.81. The van der Waals surface area contributed by atoms with Gasteiger partial charge in [0.1, 0.15) is 12.4 Å². The van der Waals surface area contributed by atoms with Gasteiger partial charge in [-0.2, -0.15) is 0 Å². The van der Waals surface area contributed by atoms with Crippen LogP contribution in [0.25, 0.3) is 0 Å². The number of aliphatic hydroxyl groups excluding tert-OH is 1. The number of aliphatic hydroxyl groups is 1. The van der Waals surface area contributed by atoms with E-state index in [9.17, 15) is 5.11 Å². The molecule has 19 heavy (non-hydrogen) atoms. The molecule has 3 heteroatoms. The molecular formula is C16H19NO2. The largest absolute Gasteiger partial charge is 0.489 e. The minimum Gasteiger partial charge on any atom is -0.489 e. The van der Waals surface area contributed by atoms with Crippen LogP contribution in [0.2, 0.25) is 0 Å². The van der Waals surface area contributed by atoms with E-state index in [4.69, 9.17) is 10.5 Å². The molecule has 0 heterocycles. The third-order valence-corrected chi connectivity index (χ3v) is 3.10. The number of rotatable bonds is 6. The quantitative estimate of drug-likeness (QED) is 0.835. The van der Waals surface area contributed by atoms with E-state index < -0.39 is 0 Å². The zero-order valence-electron chi connectivity index (χ0n) is 10.8. The van der Waals surface area contributed by atoms with Crippen LogP contribution in [0.1, 0.15) is 17.0 Å². The molecule has 0 amide bonds. The Morgan fingerprint density at radius 1 is 1.00 bits per heavy atom. The summed E-state index contributed by atoms with van der Waals surface area (Å²) in [5.41, 5.74) is 7.78. The van der Waals surface area contributed by atoms with Crippen molar-refractivity contribution in [2.24, 2.45) is 5.73 Å². The van der Waals surface area contributed by atoms with Crippen molar-refractivity contribution in [2.45, 2.75) is 12.5 Å². The van der Waals surface area contributed by atoms with E-state index in [1.54, 1.807) is 0 Å². The van der Waals surface area contributed by atoms with Crippen molar-refractivity contribution < 1.29 is 9.84 Å². The molecule has 0 fully saturated rings. The molecule has 100 valence electrons. The number of hydrogen-bond acceptors (Lipinski definition) is 3. The molecule has 1 atom stereocenters. The smallest absolute Gasteiger partial charge is 0.119 e. The standard InChI is InChI=1S/C16H19NO2/c17-10-15(11-18)14-6-8-16(9-7-14)19-12-13-4-2-1-3-5-13/h1-9,15,18H,10-12,17H2. The topological polar surface area (TPSA) is 55.5 Å². The Morgan fingerprint density at radius 3 is 2.26 bits per heavy atom. The summed E-state index contributed by atoms with van der Waals surface area (Å²) in [7, 11) is 0. The fraction of sp³-hybridized carbons (Fsp3) is 0.250. The minimum atomic E-state index is 0.00294. The second-order valence-electron chi connectivity index (χ2n) is 4.46. The Balaban J connectivity index is 1.95. The van der Waals surface area contributed by atoms with Crippen LogP contribution in [0.3, 0.4) is 0 Å². The van der Waals surface area contributed by atoms with Gasteiger partial charge >= 0.3 is 0 Å². The van der Waals surface area contributed by atoms with Crippen LogP contribution in [-0.2, 0) is 6.61 Å². The molecular weight excluding hydrogens is 238 g/mol. The van der Waals surface area contributed by atoms with E-state index in [-0.39, 0.29) is 12.5 Å². The van der Waals surface area contributed by atoms with Crippen LogP contribution in [0.5, 0.6) is 5.75 Å². The predicted molar refractivity (Wildman–Crippen MR) is 76.1 cm³/mol. The Hall–Kier alpha value is -1.84. The first kappa shape index (κ1) is 13.6. The summed E-state index contributed by atoms with van der Waals surface area (Å²) < 4.78 is 5.70. The van der Waals surface area contributed by atoms with Gasteiger partial charge in [0, 0.05) is 12.5 Å². The summed E-state index contributed by atoms with van der Waals surface area (Å²) in [5, 5.41) is 9.19. The van der Waals surface area contributed by atoms with E-state index >= 15 is 0 Å². The van der Waals surface area contributed by atoms with Crippen molar-refractivity contribution in [3.8, 4) is 5.75 Å². The SMILES string of the molecule is NCC(CO)c1ccc(OCc2ccccc2)cc1. The first-order valence-electron chi connectivity index (χ1n) is 6.41. The lowest BCUT2D eigenvalue weighted by Crippen LogP contribution is -2.15. The molecule has 1 unspecified atom stereocenters. The highest BCUT2D eigenvalue weighted by atomic mass is 16.5. The number of ether oxygens (including phenoxy) is 1. The van der Waals surface area contributed by atoms with Gasteiger partial charge in [0.15, 0.2) is 0 Å². The normalized spacial score (nSPS) is 12.1. The van der Waals surface area contributed by atoms with Crippen LogP contribution < -0.4 is 10.5 Å². The number of hydrogen-bond donors (Lipinski definition) is 2. The van der Waals surface area contributed by atoms with E-state index in [2.05, 4.69) is 0 Å². The van der Waals surface area contributed by atoms with E-state index in [0.717, 1.165) is 16.9 Å². The summed E-state index contributed by atoms with van der Waals surface area (Å²) in [4.78, 5) is 0. The first-order valence-corrected chi connectivity index (χ1v) is 6.41. The summed E-state index contributed by atoms with van der Waals surface area (Å²) in [6, 6.07) is 17.8. The third-order valence-electron chi connectivity index (χ3n) is 3.10. The maximum Gasteiger partial charge on any atom is 0.119 e. The molecule has 3 nitrogen and oxygen atoms in total. The molecule has 0 aliphatic rings. The first-order chi connectivity index (χ1) is 9.33. The average Bonchev–Trinajstić information content (AvgIpc) is 2.49. The average molecular weight is 257 g/mol. The maximum absolute atomic E-state index is 9.19. The van der Waals surface area contributed by atoms with Gasteiger partial charge in [-0.1, -0.05) is 42.5 Å². The Morgan fingerprint density at radius 2 is 1.68 bits per heavy atom. The predicted octanol–water partition coefficient (Wildman–Crippen LogP) is 2.30. The monoisotopic (exact) mass is 257 g/mol. The van der Waals surface area contributed by atoms with E-state index in [1.807, 2.05) is 54.6 Å². The molecule has 0 saturated heterocycles. The van der Waals surface area contributed by atoms with Gasteiger partial charge in [0.05, 0.1) is 6.61 Å². The van der Waals surface area contributed by atoms with Crippen molar-refractivity contribution in [3.05, 3.63) is 65.7 Å². The molecule has 0 spiro atoms. The Kier molecular flexibility index (Phi) is 4.95. The highest BCUT2D eigenvalue weighted by molar-refractivity contribution is 5.30. The molecule has 2 aromatic rings. The van der Waals surface area contributed by atoms with Crippen molar-refractivity contribution in [1.82, 2.24) is 0 Å². The highest BCUT2D eigenvalue weighted by Crippen LogP contribution is 2.19. The Labute approximate surface area is 113 Å². The van der Waals surface area contributed by atoms with Crippen molar-refractivity contribution in [3.63, 3.8) is 0 Å². The van der Waals surface area contributed by atoms with E-state index in [0.29, 0.717) is 13.2 Å². The lowest BCUT2D eigenvalue weighted by molar-refractivity contribution is 0.267. The highest BCUT2D eigenvalue weighted by Gasteiger charge is 2.07. The van der Waals surface area contributed by atoms with Gasteiger partial charge in [-0.25, -0.2) is 0 Å². The van der Waals surface area contributed by atoms with Crippen LogP contribution in [0, 0.1) is 0 Å². The molecule has 3 N–H and O–H groups in total. The van der Waals surface area contributed by atoms with Crippen molar-refractivity contribution >= 4 is 0 Å². The van der Waals surface area contributed by atoms with Gasteiger partial charge in [0.2, 0.25) is 0 Å². The van der Waals surface area contributed by atoms with Crippen LogP contribution >= 0.6 is 0 Å².